The molecule has 0 saturated heterocycles. The van der Waals surface area contributed by atoms with E-state index >= 15 is 0 Å². The predicted molar refractivity (Wildman–Crippen MR) is 75.8 cm³/mol. The molecule has 0 aliphatic heterocycles. The van der Waals surface area contributed by atoms with E-state index in [1.54, 1.807) is 43.3 Å². The highest BCUT2D eigenvalue weighted by Gasteiger charge is 2.19. The minimum absolute atomic E-state index is 0.000165. The Kier molecular flexibility index (Phi) is 3.07. The first-order valence-corrected chi connectivity index (χ1v) is 6.43. The van der Waals surface area contributed by atoms with Gasteiger partial charge >= 0.3 is 0 Å². The topological polar surface area (TPSA) is 30.2 Å². The van der Waals surface area contributed by atoms with Crippen molar-refractivity contribution in [1.29, 1.82) is 0 Å². The monoisotopic (exact) mass is 288 g/mol. The van der Waals surface area contributed by atoms with E-state index in [-0.39, 0.29) is 11.3 Å². The van der Waals surface area contributed by atoms with Gasteiger partial charge in [0.05, 0.1) is 10.6 Å². The number of carbonyl (C=O) groups is 1. The molecule has 0 spiro atoms. The molecule has 20 heavy (non-hydrogen) atoms. The van der Waals surface area contributed by atoms with E-state index in [2.05, 4.69) is 0 Å². The van der Waals surface area contributed by atoms with E-state index in [0.29, 0.717) is 21.6 Å². The Labute approximate surface area is 119 Å². The molecule has 2 aromatic carbocycles. The molecule has 0 aliphatic rings. The number of halogens is 2. The lowest BCUT2D eigenvalue weighted by molar-refractivity contribution is 0.101. The molecule has 100 valence electrons. The van der Waals surface area contributed by atoms with Gasteiger partial charge in [-0.1, -0.05) is 35.9 Å². The Morgan fingerprint density at radius 3 is 2.70 bits per heavy atom. The summed E-state index contributed by atoms with van der Waals surface area (Å²) in [7, 11) is 0. The fourth-order valence-electron chi connectivity index (χ4n) is 2.09. The highest BCUT2D eigenvalue weighted by molar-refractivity contribution is 6.35. The van der Waals surface area contributed by atoms with Gasteiger partial charge in [0, 0.05) is 5.39 Å². The fraction of sp³-hybridized carbons (Fsp3) is 0.0625. The number of rotatable bonds is 2. The first-order chi connectivity index (χ1) is 9.58. The molecule has 0 radical (unpaired) electrons. The maximum absolute atomic E-state index is 14.0. The first-order valence-electron chi connectivity index (χ1n) is 6.06. The number of fused-ring (bicyclic) bond motifs is 1. The summed E-state index contributed by atoms with van der Waals surface area (Å²) in [5, 5.41) is 1.14. The standard InChI is InChI=1S/C16H10ClFO2/c1-9-4-2-6-11(14(9)18)15(19)13-8-10-5-3-7-12(17)16(10)20-13/h2-8H,1H3. The smallest absolute Gasteiger partial charge is 0.231 e. The highest BCUT2D eigenvalue weighted by Crippen LogP contribution is 2.28. The van der Waals surface area contributed by atoms with Crippen LogP contribution < -0.4 is 0 Å². The van der Waals surface area contributed by atoms with Crippen LogP contribution in [0, 0.1) is 12.7 Å². The molecule has 3 rings (SSSR count). The molecule has 0 aliphatic carbocycles. The van der Waals surface area contributed by atoms with E-state index in [1.807, 2.05) is 0 Å². The number of ketones is 1. The Hall–Kier alpha value is -2.13. The van der Waals surface area contributed by atoms with Crippen LogP contribution in [0.15, 0.2) is 46.9 Å². The van der Waals surface area contributed by atoms with Crippen molar-refractivity contribution in [2.75, 3.05) is 0 Å². The molecule has 0 atom stereocenters. The minimum atomic E-state index is -0.524. The molecule has 1 aromatic heterocycles. The van der Waals surface area contributed by atoms with Gasteiger partial charge in [-0.25, -0.2) is 4.39 Å². The summed E-state index contributed by atoms with van der Waals surface area (Å²) in [5.74, 6) is -0.930. The zero-order valence-electron chi connectivity index (χ0n) is 10.6. The molecule has 0 unspecified atom stereocenters. The fourth-order valence-corrected chi connectivity index (χ4v) is 2.32. The van der Waals surface area contributed by atoms with E-state index in [4.69, 9.17) is 16.0 Å². The number of carbonyl (C=O) groups excluding carboxylic acids is 1. The van der Waals surface area contributed by atoms with Crippen LogP contribution in [0.1, 0.15) is 21.7 Å². The van der Waals surface area contributed by atoms with Crippen LogP contribution in [-0.4, -0.2) is 5.78 Å². The largest absolute Gasteiger partial charge is 0.451 e. The number of hydrogen-bond acceptors (Lipinski definition) is 2. The molecule has 1 heterocycles. The van der Waals surface area contributed by atoms with Crippen LogP contribution in [0.4, 0.5) is 4.39 Å². The number of furan rings is 1. The number of para-hydroxylation sites is 1. The average Bonchev–Trinajstić information content (AvgIpc) is 2.87. The van der Waals surface area contributed by atoms with Gasteiger partial charge in [-0.2, -0.15) is 0 Å². The molecular formula is C16H10ClFO2. The number of aryl methyl sites for hydroxylation is 1. The van der Waals surface area contributed by atoms with Crippen molar-refractivity contribution < 1.29 is 13.6 Å². The highest BCUT2D eigenvalue weighted by atomic mass is 35.5. The van der Waals surface area contributed by atoms with Crippen LogP contribution >= 0.6 is 11.6 Å². The van der Waals surface area contributed by atoms with Crippen molar-refractivity contribution in [2.45, 2.75) is 6.92 Å². The Morgan fingerprint density at radius 2 is 1.95 bits per heavy atom. The van der Waals surface area contributed by atoms with Crippen LogP contribution in [-0.2, 0) is 0 Å². The summed E-state index contributed by atoms with van der Waals surface area (Å²) in [5.41, 5.74) is 0.857. The number of hydrogen-bond donors (Lipinski definition) is 0. The van der Waals surface area contributed by atoms with Crippen molar-refractivity contribution in [3.8, 4) is 0 Å². The second-order valence-corrected chi connectivity index (χ2v) is 4.94. The molecule has 0 fully saturated rings. The summed E-state index contributed by atoms with van der Waals surface area (Å²) < 4.78 is 19.4. The number of benzene rings is 2. The summed E-state index contributed by atoms with van der Waals surface area (Å²) in [6.07, 6.45) is 0. The second kappa shape index (κ2) is 4.76. The van der Waals surface area contributed by atoms with Gasteiger partial charge in [0.15, 0.2) is 11.3 Å². The van der Waals surface area contributed by atoms with Gasteiger partial charge in [-0.15, -0.1) is 0 Å². The van der Waals surface area contributed by atoms with Crippen LogP contribution in [0.3, 0.4) is 0 Å². The third kappa shape index (κ3) is 2.00. The van der Waals surface area contributed by atoms with Gasteiger partial charge < -0.3 is 4.42 Å². The lowest BCUT2D eigenvalue weighted by Gasteiger charge is -2.02. The second-order valence-electron chi connectivity index (χ2n) is 4.53. The van der Waals surface area contributed by atoms with E-state index in [1.165, 1.54) is 6.07 Å². The predicted octanol–water partition coefficient (Wildman–Crippen LogP) is 4.76. The molecule has 0 bridgehead atoms. The Bertz CT molecular complexity index is 820. The lowest BCUT2D eigenvalue weighted by Crippen LogP contribution is -2.04. The van der Waals surface area contributed by atoms with Gasteiger partial charge in [-0.3, -0.25) is 4.79 Å². The summed E-state index contributed by atoms with van der Waals surface area (Å²) in [4.78, 5) is 12.3. The lowest BCUT2D eigenvalue weighted by atomic mass is 10.1. The third-order valence-electron chi connectivity index (χ3n) is 3.16. The quantitative estimate of drug-likeness (QED) is 0.636. The maximum Gasteiger partial charge on any atom is 0.231 e. The molecule has 0 N–H and O–H groups in total. The summed E-state index contributed by atoms with van der Waals surface area (Å²) in [6, 6.07) is 11.5. The van der Waals surface area contributed by atoms with E-state index in [0.717, 1.165) is 0 Å². The third-order valence-corrected chi connectivity index (χ3v) is 3.45. The van der Waals surface area contributed by atoms with Crippen molar-refractivity contribution >= 4 is 28.4 Å². The molecule has 4 heteroatoms. The van der Waals surface area contributed by atoms with Gasteiger partial charge in [0.1, 0.15) is 5.82 Å². The normalized spacial score (nSPS) is 10.9. The van der Waals surface area contributed by atoms with Crippen molar-refractivity contribution in [2.24, 2.45) is 0 Å². The molecule has 2 nitrogen and oxygen atoms in total. The Balaban J connectivity index is 2.13. The van der Waals surface area contributed by atoms with Crippen molar-refractivity contribution in [1.82, 2.24) is 0 Å². The maximum atomic E-state index is 14.0. The first kappa shape index (κ1) is 12.9. The summed E-state index contributed by atoms with van der Waals surface area (Å²) in [6.45, 7) is 1.61. The molecule has 0 saturated carbocycles. The zero-order chi connectivity index (χ0) is 14.3. The minimum Gasteiger partial charge on any atom is -0.451 e. The van der Waals surface area contributed by atoms with Crippen molar-refractivity contribution in [3.63, 3.8) is 0 Å². The molecule has 3 aromatic rings. The molecule has 0 amide bonds. The van der Waals surface area contributed by atoms with Gasteiger partial charge in [0.2, 0.25) is 5.78 Å². The SMILES string of the molecule is Cc1cccc(C(=O)c2cc3cccc(Cl)c3o2)c1F. The van der Waals surface area contributed by atoms with E-state index in [9.17, 15) is 9.18 Å². The van der Waals surface area contributed by atoms with E-state index < -0.39 is 11.6 Å². The average molecular weight is 289 g/mol. The summed E-state index contributed by atoms with van der Waals surface area (Å²) >= 11 is 6.00. The van der Waals surface area contributed by atoms with Crippen LogP contribution in [0.2, 0.25) is 5.02 Å². The van der Waals surface area contributed by atoms with Crippen LogP contribution in [0.25, 0.3) is 11.0 Å². The van der Waals surface area contributed by atoms with Gasteiger partial charge in [0.25, 0.3) is 0 Å². The molecular weight excluding hydrogens is 279 g/mol. The Morgan fingerprint density at radius 1 is 1.20 bits per heavy atom. The van der Waals surface area contributed by atoms with Crippen LogP contribution in [0.5, 0.6) is 0 Å². The van der Waals surface area contributed by atoms with Crippen molar-refractivity contribution in [3.05, 3.63) is 70.2 Å². The zero-order valence-corrected chi connectivity index (χ0v) is 11.4. The van der Waals surface area contributed by atoms with Gasteiger partial charge in [-0.05, 0) is 30.7 Å².